The van der Waals surface area contributed by atoms with Crippen LogP contribution in [0.1, 0.15) is 56.8 Å². The molecule has 1 aromatic rings. The van der Waals surface area contributed by atoms with E-state index in [1.807, 2.05) is 20.8 Å². The molecule has 0 atom stereocenters. The molecule has 0 radical (unpaired) electrons. The first-order valence-corrected chi connectivity index (χ1v) is 9.74. The Kier molecular flexibility index (Phi) is 7.76. The summed E-state index contributed by atoms with van der Waals surface area (Å²) in [6.45, 7) is 9.77. The number of nitrogens with zero attached hydrogens (tertiary/aromatic N) is 1. The maximum atomic E-state index is 13.0. The molecule has 6 heteroatoms. The van der Waals surface area contributed by atoms with Crippen molar-refractivity contribution in [3.8, 4) is 5.75 Å². The highest BCUT2D eigenvalue weighted by Crippen LogP contribution is 2.39. The Morgan fingerprint density at radius 1 is 1.28 bits per heavy atom. The van der Waals surface area contributed by atoms with Gasteiger partial charge in [-0.1, -0.05) is 57.1 Å². The van der Waals surface area contributed by atoms with Crippen LogP contribution in [0.3, 0.4) is 0 Å². The van der Waals surface area contributed by atoms with E-state index in [0.29, 0.717) is 47.6 Å². The van der Waals surface area contributed by atoms with Crippen molar-refractivity contribution in [2.75, 3.05) is 13.7 Å². The monoisotopic (exact) mass is 399 g/mol. The fourth-order valence-corrected chi connectivity index (χ4v) is 3.27. The van der Waals surface area contributed by atoms with Gasteiger partial charge in [0.15, 0.2) is 5.78 Å². The number of carbonyl (C=O) groups is 2. The zero-order chi connectivity index (χ0) is 21.4. The molecule has 0 heterocycles. The normalized spacial score (nSPS) is 16.4. The van der Waals surface area contributed by atoms with Gasteiger partial charge in [0.2, 0.25) is 0 Å². The molecule has 0 aromatic heterocycles. The summed E-state index contributed by atoms with van der Waals surface area (Å²) < 4.78 is 11.0. The first-order valence-electron chi connectivity index (χ1n) is 9.74. The predicted octanol–water partition coefficient (Wildman–Crippen LogP) is 4.85. The molecule has 0 saturated heterocycles. The molecule has 0 bridgehead atoms. The topological polar surface area (TPSA) is 74.2 Å². The molecule has 0 fully saturated rings. The van der Waals surface area contributed by atoms with E-state index in [2.05, 4.69) is 11.7 Å². The number of carbonyl (C=O) groups excluding carboxylic acids is 2. The minimum Gasteiger partial charge on any atom is -0.496 e. The number of benzene rings is 1. The Balaban J connectivity index is 2.48. The van der Waals surface area contributed by atoms with Crippen molar-refractivity contribution in [2.45, 2.75) is 46.5 Å². The standard InChI is InChI=1S/C23H29NO5/c1-6-10-17(24-28-13-7-2)21-18(25)14-23(3,4)15-20(21)29-22(26)16-11-8-9-12-19(16)27-5/h7-9,11-12H,2,6,10,13-15H2,1,3-5H3. The van der Waals surface area contributed by atoms with E-state index in [-0.39, 0.29) is 17.8 Å². The second-order valence-electron chi connectivity index (χ2n) is 7.70. The third-order valence-electron chi connectivity index (χ3n) is 4.52. The Morgan fingerprint density at radius 3 is 2.66 bits per heavy atom. The average Bonchev–Trinajstić information content (AvgIpc) is 2.66. The number of methoxy groups -OCH3 is 1. The molecular weight excluding hydrogens is 370 g/mol. The van der Waals surface area contributed by atoms with Crippen LogP contribution in [-0.2, 0) is 14.4 Å². The van der Waals surface area contributed by atoms with Crippen LogP contribution in [0.5, 0.6) is 5.75 Å². The first-order chi connectivity index (χ1) is 13.8. The van der Waals surface area contributed by atoms with Gasteiger partial charge in [-0.15, -0.1) is 0 Å². The van der Waals surface area contributed by atoms with Gasteiger partial charge in [0, 0.05) is 12.8 Å². The summed E-state index contributed by atoms with van der Waals surface area (Å²) in [5.41, 5.74) is 0.821. The Morgan fingerprint density at radius 2 is 2.00 bits per heavy atom. The molecule has 0 unspecified atom stereocenters. The maximum Gasteiger partial charge on any atom is 0.347 e. The smallest absolute Gasteiger partial charge is 0.347 e. The average molecular weight is 399 g/mol. The number of Topliss-reactive ketones (excluding diaryl/α,β-unsaturated/α-hetero) is 1. The van der Waals surface area contributed by atoms with Gasteiger partial charge in [0.05, 0.1) is 18.4 Å². The summed E-state index contributed by atoms with van der Waals surface area (Å²) in [5.74, 6) is 0.0798. The van der Waals surface area contributed by atoms with Gasteiger partial charge < -0.3 is 14.3 Å². The Hall–Kier alpha value is -2.89. The fourth-order valence-electron chi connectivity index (χ4n) is 3.27. The van der Waals surface area contributed by atoms with E-state index in [4.69, 9.17) is 14.3 Å². The second-order valence-corrected chi connectivity index (χ2v) is 7.70. The molecule has 0 saturated carbocycles. The van der Waals surface area contributed by atoms with E-state index in [0.717, 1.165) is 6.42 Å². The molecule has 0 aliphatic heterocycles. The molecule has 0 N–H and O–H groups in total. The highest BCUT2D eigenvalue weighted by atomic mass is 16.6. The van der Waals surface area contributed by atoms with Crippen molar-refractivity contribution in [3.05, 3.63) is 53.8 Å². The highest BCUT2D eigenvalue weighted by molar-refractivity contribution is 6.23. The van der Waals surface area contributed by atoms with Crippen LogP contribution in [0.25, 0.3) is 0 Å². The van der Waals surface area contributed by atoms with Crippen molar-refractivity contribution in [3.63, 3.8) is 0 Å². The summed E-state index contributed by atoms with van der Waals surface area (Å²) >= 11 is 0. The highest BCUT2D eigenvalue weighted by Gasteiger charge is 2.37. The van der Waals surface area contributed by atoms with Gasteiger partial charge in [-0.05, 0) is 24.0 Å². The predicted molar refractivity (Wildman–Crippen MR) is 112 cm³/mol. The van der Waals surface area contributed by atoms with Crippen LogP contribution in [0.4, 0.5) is 0 Å². The van der Waals surface area contributed by atoms with Crippen molar-refractivity contribution in [1.29, 1.82) is 0 Å². The third-order valence-corrected chi connectivity index (χ3v) is 4.52. The van der Waals surface area contributed by atoms with Gasteiger partial charge in [-0.3, -0.25) is 4.79 Å². The van der Waals surface area contributed by atoms with Crippen LogP contribution >= 0.6 is 0 Å². The lowest BCUT2D eigenvalue weighted by atomic mass is 9.75. The van der Waals surface area contributed by atoms with Crippen LogP contribution < -0.4 is 4.74 Å². The summed E-state index contributed by atoms with van der Waals surface area (Å²) in [4.78, 5) is 31.1. The lowest BCUT2D eigenvalue weighted by molar-refractivity contribution is -0.118. The number of ether oxygens (including phenoxy) is 2. The molecule has 1 aromatic carbocycles. The number of hydrogen-bond donors (Lipinski definition) is 0. The Bertz CT molecular complexity index is 835. The van der Waals surface area contributed by atoms with E-state index >= 15 is 0 Å². The minimum absolute atomic E-state index is 0.0986. The number of para-hydroxylation sites is 1. The Labute approximate surface area is 172 Å². The van der Waals surface area contributed by atoms with Gasteiger partial charge >= 0.3 is 5.97 Å². The fraction of sp³-hybridized carbons (Fsp3) is 0.435. The molecule has 1 aliphatic rings. The quantitative estimate of drug-likeness (QED) is 0.195. The van der Waals surface area contributed by atoms with E-state index < -0.39 is 5.97 Å². The molecule has 0 spiro atoms. The summed E-state index contributed by atoms with van der Waals surface area (Å²) in [7, 11) is 1.49. The zero-order valence-corrected chi connectivity index (χ0v) is 17.6. The van der Waals surface area contributed by atoms with Crippen molar-refractivity contribution >= 4 is 17.5 Å². The molecular formula is C23H29NO5. The number of hydrogen-bond acceptors (Lipinski definition) is 6. The lowest BCUT2D eigenvalue weighted by Crippen LogP contribution is -2.31. The molecule has 156 valence electrons. The van der Waals surface area contributed by atoms with E-state index in [9.17, 15) is 9.59 Å². The largest absolute Gasteiger partial charge is 0.496 e. The van der Waals surface area contributed by atoms with Crippen molar-refractivity contribution in [2.24, 2.45) is 10.6 Å². The third kappa shape index (κ3) is 5.79. The van der Waals surface area contributed by atoms with E-state index in [1.54, 1.807) is 30.3 Å². The van der Waals surface area contributed by atoms with Crippen LogP contribution in [0.15, 0.2) is 53.4 Å². The number of oxime groups is 1. The molecule has 29 heavy (non-hydrogen) atoms. The number of allylic oxidation sites excluding steroid dienone is 2. The molecule has 2 rings (SSSR count). The van der Waals surface area contributed by atoms with Crippen LogP contribution in [0.2, 0.25) is 0 Å². The van der Waals surface area contributed by atoms with Gasteiger partial charge in [0.1, 0.15) is 23.7 Å². The number of rotatable bonds is 9. The van der Waals surface area contributed by atoms with Crippen molar-refractivity contribution < 1.29 is 23.9 Å². The summed E-state index contributed by atoms with van der Waals surface area (Å²) in [6.07, 6.45) is 3.68. The first kappa shape index (κ1) is 22.4. The van der Waals surface area contributed by atoms with Gasteiger partial charge in [0.25, 0.3) is 0 Å². The van der Waals surface area contributed by atoms with Crippen molar-refractivity contribution in [1.82, 2.24) is 0 Å². The SMILES string of the molecule is C=CCON=C(CCC)C1=C(OC(=O)c2ccccc2OC)CC(C)(C)CC1=O. The van der Waals surface area contributed by atoms with E-state index in [1.165, 1.54) is 7.11 Å². The molecule has 0 amide bonds. The summed E-state index contributed by atoms with van der Waals surface area (Å²) in [5, 5.41) is 4.14. The maximum absolute atomic E-state index is 13.0. The lowest BCUT2D eigenvalue weighted by Gasteiger charge is -2.31. The van der Waals surface area contributed by atoms with Gasteiger partial charge in [-0.2, -0.15) is 0 Å². The number of ketones is 1. The van der Waals surface area contributed by atoms with Crippen LogP contribution in [0, 0.1) is 5.41 Å². The minimum atomic E-state index is -0.566. The second kappa shape index (κ2) is 10.0. The zero-order valence-electron chi connectivity index (χ0n) is 17.6. The van der Waals surface area contributed by atoms with Crippen LogP contribution in [-0.4, -0.2) is 31.2 Å². The number of esters is 1. The van der Waals surface area contributed by atoms with Gasteiger partial charge in [-0.25, -0.2) is 4.79 Å². The molecule has 6 nitrogen and oxygen atoms in total. The molecule has 1 aliphatic carbocycles. The summed E-state index contributed by atoms with van der Waals surface area (Å²) in [6, 6.07) is 6.83.